The van der Waals surface area contributed by atoms with Gasteiger partial charge >= 0.3 is 0 Å². The van der Waals surface area contributed by atoms with Gasteiger partial charge in [0.05, 0.1) is 13.2 Å². The zero-order chi connectivity index (χ0) is 13.8. The summed E-state index contributed by atoms with van der Waals surface area (Å²) in [6.07, 6.45) is 3.72. The third-order valence-electron chi connectivity index (χ3n) is 3.50. The first-order chi connectivity index (χ1) is 9.81. The Morgan fingerprint density at radius 2 is 2.15 bits per heavy atom. The summed E-state index contributed by atoms with van der Waals surface area (Å²) in [4.78, 5) is 4.57. The van der Waals surface area contributed by atoms with Crippen molar-refractivity contribution in [2.75, 3.05) is 6.61 Å². The first kappa shape index (κ1) is 13.1. The Morgan fingerprint density at radius 3 is 3.00 bits per heavy atom. The molecule has 3 rings (SSSR count). The van der Waals surface area contributed by atoms with Crippen LogP contribution < -0.4 is 10.5 Å². The molecule has 1 atom stereocenters. The van der Waals surface area contributed by atoms with Crippen LogP contribution in [0.1, 0.15) is 24.5 Å². The number of fused-ring (bicyclic) bond motifs is 1. The number of benzene rings is 1. The highest BCUT2D eigenvalue weighted by Crippen LogP contribution is 2.13. The Hall–Kier alpha value is -1.88. The molecule has 5 heteroatoms. The van der Waals surface area contributed by atoms with Gasteiger partial charge in [0.15, 0.2) is 5.82 Å². The van der Waals surface area contributed by atoms with E-state index in [0.29, 0.717) is 6.61 Å². The summed E-state index contributed by atoms with van der Waals surface area (Å²) in [5, 5.41) is 4.52. The van der Waals surface area contributed by atoms with E-state index in [0.717, 1.165) is 49.6 Å². The van der Waals surface area contributed by atoms with Crippen molar-refractivity contribution in [2.24, 2.45) is 5.73 Å². The minimum absolute atomic E-state index is 0.221. The van der Waals surface area contributed by atoms with E-state index in [1.807, 2.05) is 35.0 Å². The van der Waals surface area contributed by atoms with E-state index in [4.69, 9.17) is 10.5 Å². The van der Waals surface area contributed by atoms with Crippen LogP contribution in [0.2, 0.25) is 0 Å². The van der Waals surface area contributed by atoms with Crippen molar-refractivity contribution in [3.63, 3.8) is 0 Å². The van der Waals surface area contributed by atoms with Gasteiger partial charge in [0.1, 0.15) is 11.6 Å². The van der Waals surface area contributed by atoms with Gasteiger partial charge in [-0.05, 0) is 25.0 Å². The number of para-hydroxylation sites is 1. The lowest BCUT2D eigenvalue weighted by molar-refractivity contribution is 0.309. The Balaban J connectivity index is 1.47. The predicted molar refractivity (Wildman–Crippen MR) is 76.6 cm³/mol. The third kappa shape index (κ3) is 3.17. The fraction of sp³-hybridized carbons (Fsp3) is 0.467. The summed E-state index contributed by atoms with van der Waals surface area (Å²) in [5.74, 6) is 2.90. The summed E-state index contributed by atoms with van der Waals surface area (Å²) in [6.45, 7) is 1.48. The molecular formula is C15H20N4O. The quantitative estimate of drug-likeness (QED) is 0.839. The maximum absolute atomic E-state index is 5.94. The highest BCUT2D eigenvalue weighted by molar-refractivity contribution is 5.20. The maximum Gasteiger partial charge on any atom is 0.151 e. The van der Waals surface area contributed by atoms with Crippen molar-refractivity contribution in [1.82, 2.24) is 14.8 Å². The number of hydrogen-bond acceptors (Lipinski definition) is 4. The second-order valence-corrected chi connectivity index (χ2v) is 5.19. The molecule has 2 heterocycles. The summed E-state index contributed by atoms with van der Waals surface area (Å²) in [7, 11) is 0. The molecule has 0 amide bonds. The average Bonchev–Trinajstić information content (AvgIpc) is 2.86. The molecule has 1 aromatic carbocycles. The van der Waals surface area contributed by atoms with Crippen molar-refractivity contribution >= 4 is 0 Å². The van der Waals surface area contributed by atoms with E-state index >= 15 is 0 Å². The molecule has 0 saturated heterocycles. The number of aromatic nitrogens is 3. The second-order valence-electron chi connectivity index (χ2n) is 5.19. The molecule has 0 bridgehead atoms. The zero-order valence-electron chi connectivity index (χ0n) is 11.5. The molecule has 1 aromatic heterocycles. The molecular weight excluding hydrogens is 252 g/mol. The van der Waals surface area contributed by atoms with Crippen LogP contribution in [0.25, 0.3) is 0 Å². The molecule has 0 spiro atoms. The van der Waals surface area contributed by atoms with Gasteiger partial charge in [-0.25, -0.2) is 9.67 Å². The van der Waals surface area contributed by atoms with Gasteiger partial charge in [-0.15, -0.1) is 0 Å². The fourth-order valence-corrected chi connectivity index (χ4v) is 2.43. The van der Waals surface area contributed by atoms with Gasteiger partial charge < -0.3 is 10.5 Å². The molecule has 20 heavy (non-hydrogen) atoms. The van der Waals surface area contributed by atoms with Crippen LogP contribution in [0.15, 0.2) is 30.3 Å². The molecule has 1 unspecified atom stereocenters. The first-order valence-corrected chi connectivity index (χ1v) is 7.17. The van der Waals surface area contributed by atoms with Gasteiger partial charge in [0.25, 0.3) is 0 Å². The van der Waals surface area contributed by atoms with Crippen LogP contribution in [0.4, 0.5) is 0 Å². The van der Waals surface area contributed by atoms with Crippen LogP contribution in [0, 0.1) is 0 Å². The number of rotatable bonds is 5. The monoisotopic (exact) mass is 272 g/mol. The lowest BCUT2D eigenvalue weighted by atomic mass is 10.1. The van der Waals surface area contributed by atoms with Crippen molar-refractivity contribution in [2.45, 2.75) is 38.3 Å². The Morgan fingerprint density at radius 1 is 1.30 bits per heavy atom. The SMILES string of the molecule is NC1CCc2nc(CCCOc3ccccc3)nn2C1. The van der Waals surface area contributed by atoms with Crippen LogP contribution >= 0.6 is 0 Å². The summed E-state index contributed by atoms with van der Waals surface area (Å²) < 4.78 is 7.62. The van der Waals surface area contributed by atoms with Gasteiger partial charge in [-0.3, -0.25) is 0 Å². The Bertz CT molecular complexity index is 552. The fourth-order valence-electron chi connectivity index (χ4n) is 2.43. The molecule has 0 fully saturated rings. The van der Waals surface area contributed by atoms with E-state index in [1.165, 1.54) is 0 Å². The smallest absolute Gasteiger partial charge is 0.151 e. The lowest BCUT2D eigenvalue weighted by Gasteiger charge is -2.17. The molecule has 2 aromatic rings. The van der Waals surface area contributed by atoms with Crippen molar-refractivity contribution in [1.29, 1.82) is 0 Å². The third-order valence-corrected chi connectivity index (χ3v) is 3.50. The number of nitrogens with zero attached hydrogens (tertiary/aromatic N) is 3. The minimum atomic E-state index is 0.221. The van der Waals surface area contributed by atoms with Crippen molar-refractivity contribution in [3.05, 3.63) is 42.0 Å². The average molecular weight is 272 g/mol. The van der Waals surface area contributed by atoms with Gasteiger partial charge in [0.2, 0.25) is 0 Å². The van der Waals surface area contributed by atoms with Crippen LogP contribution in [0.5, 0.6) is 5.75 Å². The highest BCUT2D eigenvalue weighted by atomic mass is 16.5. The molecule has 1 aliphatic heterocycles. The number of ether oxygens (including phenoxy) is 1. The van der Waals surface area contributed by atoms with E-state index < -0.39 is 0 Å². The Labute approximate surface area is 118 Å². The summed E-state index contributed by atoms with van der Waals surface area (Å²) >= 11 is 0. The second kappa shape index (κ2) is 6.05. The number of nitrogens with two attached hydrogens (primary N) is 1. The first-order valence-electron chi connectivity index (χ1n) is 7.17. The molecule has 0 radical (unpaired) electrons. The van der Waals surface area contributed by atoms with Crippen LogP contribution in [-0.4, -0.2) is 27.4 Å². The topological polar surface area (TPSA) is 66.0 Å². The minimum Gasteiger partial charge on any atom is -0.494 e. The molecule has 0 aliphatic carbocycles. The van der Waals surface area contributed by atoms with Crippen molar-refractivity contribution < 1.29 is 4.74 Å². The van der Waals surface area contributed by atoms with E-state index in [1.54, 1.807) is 0 Å². The van der Waals surface area contributed by atoms with Gasteiger partial charge in [-0.1, -0.05) is 18.2 Å². The molecule has 106 valence electrons. The summed E-state index contributed by atoms with van der Waals surface area (Å²) in [5.41, 5.74) is 5.94. The molecule has 1 aliphatic rings. The normalized spacial score (nSPS) is 17.8. The largest absolute Gasteiger partial charge is 0.494 e. The molecule has 0 saturated carbocycles. The maximum atomic E-state index is 5.94. The lowest BCUT2D eigenvalue weighted by Crippen LogP contribution is -2.32. The van der Waals surface area contributed by atoms with Crippen LogP contribution in [-0.2, 0) is 19.4 Å². The molecule has 5 nitrogen and oxygen atoms in total. The van der Waals surface area contributed by atoms with Gasteiger partial charge in [0, 0.05) is 18.9 Å². The standard InChI is InChI=1S/C15H20N4O/c16-12-8-9-15-17-14(18-19(15)11-12)7-4-10-20-13-5-2-1-3-6-13/h1-3,5-6,12H,4,7-11,16H2. The highest BCUT2D eigenvalue weighted by Gasteiger charge is 2.18. The van der Waals surface area contributed by atoms with Crippen LogP contribution in [0.3, 0.4) is 0 Å². The van der Waals surface area contributed by atoms with E-state index in [2.05, 4.69) is 10.1 Å². The number of aryl methyl sites for hydroxylation is 2. The predicted octanol–water partition coefficient (Wildman–Crippen LogP) is 1.56. The zero-order valence-corrected chi connectivity index (χ0v) is 11.5. The van der Waals surface area contributed by atoms with Crippen molar-refractivity contribution in [3.8, 4) is 5.75 Å². The number of hydrogen-bond donors (Lipinski definition) is 1. The Kier molecular flexibility index (Phi) is 3.97. The van der Waals surface area contributed by atoms with Gasteiger partial charge in [-0.2, -0.15) is 5.10 Å². The molecule has 2 N–H and O–H groups in total. The van der Waals surface area contributed by atoms with E-state index in [-0.39, 0.29) is 6.04 Å². The summed E-state index contributed by atoms with van der Waals surface area (Å²) in [6, 6.07) is 10.1. The van der Waals surface area contributed by atoms with E-state index in [9.17, 15) is 0 Å².